The van der Waals surface area contributed by atoms with E-state index in [2.05, 4.69) is 34.8 Å². The molecule has 0 fully saturated rings. The standard InChI is InChI=1S/C28H27N3O2/c1-3-15-30(2)16-17-31-18-23(21-12-6-7-14-24(21)31)26-25(27(32)29-28(26)33)22-13-8-10-19-9-4-5-11-20(19)22/h4-14,18H,3,15-17H2,1-2H3,(H,29,32,33). The van der Waals surface area contributed by atoms with Crippen LogP contribution < -0.4 is 5.32 Å². The van der Waals surface area contributed by atoms with Crippen LogP contribution in [0.4, 0.5) is 0 Å². The van der Waals surface area contributed by atoms with Gasteiger partial charge in [0, 0.05) is 35.8 Å². The molecule has 0 aliphatic carbocycles. The van der Waals surface area contributed by atoms with Gasteiger partial charge in [-0.2, -0.15) is 0 Å². The largest absolute Gasteiger partial charge is 0.346 e. The van der Waals surface area contributed by atoms with Crippen LogP contribution in [0.3, 0.4) is 0 Å². The molecule has 166 valence electrons. The molecule has 2 amide bonds. The number of likely N-dealkylation sites (N-methyl/N-ethyl adjacent to an activating group) is 1. The molecule has 1 aliphatic rings. The van der Waals surface area contributed by atoms with Crippen molar-refractivity contribution in [1.82, 2.24) is 14.8 Å². The molecule has 0 spiro atoms. The highest BCUT2D eigenvalue weighted by atomic mass is 16.2. The summed E-state index contributed by atoms with van der Waals surface area (Å²) in [5, 5.41) is 5.53. The number of rotatable bonds is 7. The highest BCUT2D eigenvalue weighted by Crippen LogP contribution is 2.38. The summed E-state index contributed by atoms with van der Waals surface area (Å²) >= 11 is 0. The quantitative estimate of drug-likeness (QED) is 0.426. The molecule has 0 atom stereocenters. The smallest absolute Gasteiger partial charge is 0.259 e. The van der Waals surface area contributed by atoms with Gasteiger partial charge in [0.25, 0.3) is 11.8 Å². The van der Waals surface area contributed by atoms with Gasteiger partial charge in [-0.1, -0.05) is 67.6 Å². The monoisotopic (exact) mass is 437 g/mol. The van der Waals surface area contributed by atoms with E-state index in [1.54, 1.807) is 0 Å². The molecule has 33 heavy (non-hydrogen) atoms. The molecule has 5 rings (SSSR count). The molecular weight excluding hydrogens is 410 g/mol. The SMILES string of the molecule is CCCN(C)CCn1cc(C2=C(c3cccc4ccccc34)C(=O)NC2=O)c2ccccc21. The minimum absolute atomic E-state index is 0.339. The molecule has 0 radical (unpaired) electrons. The summed E-state index contributed by atoms with van der Waals surface area (Å²) in [4.78, 5) is 28.4. The van der Waals surface area contributed by atoms with Crippen molar-refractivity contribution in [2.75, 3.05) is 20.1 Å². The summed E-state index contributed by atoms with van der Waals surface area (Å²) in [5.74, 6) is -0.681. The van der Waals surface area contributed by atoms with E-state index in [4.69, 9.17) is 0 Å². The van der Waals surface area contributed by atoms with Crippen LogP contribution in [-0.2, 0) is 16.1 Å². The van der Waals surface area contributed by atoms with Crippen molar-refractivity contribution in [3.8, 4) is 0 Å². The number of amides is 2. The van der Waals surface area contributed by atoms with Gasteiger partial charge in [0.1, 0.15) is 0 Å². The van der Waals surface area contributed by atoms with E-state index in [1.165, 1.54) is 0 Å². The Labute approximate surface area is 193 Å². The van der Waals surface area contributed by atoms with E-state index >= 15 is 0 Å². The Kier molecular flexibility index (Phi) is 5.56. The van der Waals surface area contributed by atoms with Crippen LogP contribution in [0.1, 0.15) is 24.5 Å². The third-order valence-electron chi connectivity index (χ3n) is 6.38. The molecule has 0 saturated carbocycles. The summed E-state index contributed by atoms with van der Waals surface area (Å²) in [7, 11) is 2.13. The second kappa shape index (κ2) is 8.68. The number of nitrogens with zero attached hydrogens (tertiary/aromatic N) is 2. The lowest BCUT2D eigenvalue weighted by molar-refractivity contribution is -0.122. The predicted octanol–water partition coefficient (Wildman–Crippen LogP) is 4.70. The molecule has 0 unspecified atom stereocenters. The number of fused-ring (bicyclic) bond motifs is 2. The van der Waals surface area contributed by atoms with Gasteiger partial charge < -0.3 is 9.47 Å². The molecule has 3 aromatic carbocycles. The second-order valence-corrected chi connectivity index (χ2v) is 8.62. The molecule has 5 nitrogen and oxygen atoms in total. The zero-order valence-electron chi connectivity index (χ0n) is 19.0. The van der Waals surface area contributed by atoms with Gasteiger partial charge in [0.05, 0.1) is 11.1 Å². The summed E-state index contributed by atoms with van der Waals surface area (Å²) < 4.78 is 2.20. The van der Waals surface area contributed by atoms with Crippen molar-refractivity contribution >= 4 is 44.6 Å². The Bertz CT molecular complexity index is 1410. The van der Waals surface area contributed by atoms with Gasteiger partial charge in [-0.25, -0.2) is 0 Å². The third-order valence-corrected chi connectivity index (χ3v) is 6.38. The lowest BCUT2D eigenvalue weighted by atomic mass is 9.92. The number of nitrogens with one attached hydrogen (secondary N) is 1. The topological polar surface area (TPSA) is 54.3 Å². The molecule has 0 saturated heterocycles. The van der Waals surface area contributed by atoms with Crippen molar-refractivity contribution in [2.45, 2.75) is 19.9 Å². The second-order valence-electron chi connectivity index (χ2n) is 8.62. The van der Waals surface area contributed by atoms with Gasteiger partial charge in [-0.15, -0.1) is 0 Å². The summed E-state index contributed by atoms with van der Waals surface area (Å²) in [6.07, 6.45) is 3.14. The van der Waals surface area contributed by atoms with Gasteiger partial charge in [0.2, 0.25) is 0 Å². The normalized spacial score (nSPS) is 14.2. The Hall–Kier alpha value is -3.70. The predicted molar refractivity (Wildman–Crippen MR) is 134 cm³/mol. The zero-order chi connectivity index (χ0) is 22.9. The van der Waals surface area contributed by atoms with Crippen LogP contribution in [0, 0.1) is 0 Å². The molecule has 1 N–H and O–H groups in total. The number of carbonyl (C=O) groups excluding carboxylic acids is 2. The number of carbonyl (C=O) groups is 2. The minimum atomic E-state index is -0.342. The number of imide groups is 1. The molecule has 5 heteroatoms. The maximum absolute atomic E-state index is 13.1. The molecule has 1 aliphatic heterocycles. The van der Waals surface area contributed by atoms with Crippen LogP contribution in [0.15, 0.2) is 72.9 Å². The molecule has 1 aromatic heterocycles. The first kappa shape index (κ1) is 21.2. The number of hydrogen-bond donors (Lipinski definition) is 1. The van der Waals surface area contributed by atoms with Crippen LogP contribution in [0.5, 0.6) is 0 Å². The van der Waals surface area contributed by atoms with E-state index in [9.17, 15) is 9.59 Å². The van der Waals surface area contributed by atoms with Crippen molar-refractivity contribution in [2.24, 2.45) is 0 Å². The van der Waals surface area contributed by atoms with Gasteiger partial charge in [-0.3, -0.25) is 14.9 Å². The van der Waals surface area contributed by atoms with Crippen molar-refractivity contribution in [3.05, 3.63) is 84.1 Å². The van der Waals surface area contributed by atoms with Crippen molar-refractivity contribution < 1.29 is 9.59 Å². The highest BCUT2D eigenvalue weighted by molar-refractivity contribution is 6.50. The average molecular weight is 438 g/mol. The average Bonchev–Trinajstić information content (AvgIpc) is 3.33. The van der Waals surface area contributed by atoms with E-state index < -0.39 is 0 Å². The van der Waals surface area contributed by atoms with E-state index in [0.717, 1.165) is 58.9 Å². The highest BCUT2D eigenvalue weighted by Gasteiger charge is 2.34. The Balaban J connectivity index is 1.70. The van der Waals surface area contributed by atoms with Gasteiger partial charge >= 0.3 is 0 Å². The van der Waals surface area contributed by atoms with Crippen LogP contribution in [-0.4, -0.2) is 41.4 Å². The fourth-order valence-corrected chi connectivity index (χ4v) is 4.82. The van der Waals surface area contributed by atoms with E-state index in [-0.39, 0.29) is 11.8 Å². The Morgan fingerprint density at radius 1 is 0.788 bits per heavy atom. The maximum Gasteiger partial charge on any atom is 0.259 e. The minimum Gasteiger partial charge on any atom is -0.346 e. The zero-order valence-corrected chi connectivity index (χ0v) is 19.0. The first-order valence-corrected chi connectivity index (χ1v) is 11.4. The fourth-order valence-electron chi connectivity index (χ4n) is 4.82. The molecule has 4 aromatic rings. The lowest BCUT2D eigenvalue weighted by Gasteiger charge is -2.16. The Morgan fingerprint density at radius 3 is 2.24 bits per heavy atom. The summed E-state index contributed by atoms with van der Waals surface area (Å²) in [5.41, 5.74) is 3.55. The number of hydrogen-bond acceptors (Lipinski definition) is 3. The Morgan fingerprint density at radius 2 is 1.45 bits per heavy atom. The van der Waals surface area contributed by atoms with Gasteiger partial charge in [-0.05, 0) is 42.4 Å². The van der Waals surface area contributed by atoms with Crippen molar-refractivity contribution in [1.29, 1.82) is 0 Å². The number of para-hydroxylation sites is 1. The summed E-state index contributed by atoms with van der Waals surface area (Å²) in [6.45, 7) is 4.94. The lowest BCUT2D eigenvalue weighted by Crippen LogP contribution is -2.23. The number of aromatic nitrogens is 1. The molecular formula is C28H27N3O2. The number of benzene rings is 3. The van der Waals surface area contributed by atoms with Crippen LogP contribution in [0.2, 0.25) is 0 Å². The van der Waals surface area contributed by atoms with Gasteiger partial charge in [0.15, 0.2) is 0 Å². The summed E-state index contributed by atoms with van der Waals surface area (Å²) in [6, 6.07) is 21.9. The van der Waals surface area contributed by atoms with Crippen LogP contribution >= 0.6 is 0 Å². The maximum atomic E-state index is 13.1. The van der Waals surface area contributed by atoms with E-state index in [1.807, 2.05) is 66.9 Å². The first-order valence-electron chi connectivity index (χ1n) is 11.4. The van der Waals surface area contributed by atoms with Crippen LogP contribution in [0.25, 0.3) is 32.8 Å². The third kappa shape index (κ3) is 3.74. The molecule has 0 bridgehead atoms. The van der Waals surface area contributed by atoms with Crippen molar-refractivity contribution in [3.63, 3.8) is 0 Å². The fraction of sp³-hybridized carbons (Fsp3) is 0.214. The van der Waals surface area contributed by atoms with E-state index in [0.29, 0.717) is 11.1 Å². The first-order chi connectivity index (χ1) is 16.1. The molecule has 2 heterocycles.